The predicted octanol–water partition coefficient (Wildman–Crippen LogP) is 3.98. The molecule has 1 aliphatic heterocycles. The number of carbonyl (C=O) groups excluding carboxylic acids is 1. The Morgan fingerprint density at radius 2 is 1.80 bits per heavy atom. The summed E-state index contributed by atoms with van der Waals surface area (Å²) in [7, 11) is 0. The summed E-state index contributed by atoms with van der Waals surface area (Å²) in [6.07, 6.45) is 1.38. The van der Waals surface area contributed by atoms with Gasteiger partial charge in [0.2, 0.25) is 17.6 Å². The van der Waals surface area contributed by atoms with Gasteiger partial charge in [0.1, 0.15) is 0 Å². The summed E-state index contributed by atoms with van der Waals surface area (Å²) >= 11 is 5.94. The molecule has 1 aliphatic rings. The molecule has 30 heavy (non-hydrogen) atoms. The number of halogens is 1. The summed E-state index contributed by atoms with van der Waals surface area (Å²) in [5, 5.41) is 4.76. The third kappa shape index (κ3) is 5.26. The van der Waals surface area contributed by atoms with Crippen molar-refractivity contribution in [2.45, 2.75) is 26.3 Å². The molecule has 1 aromatic heterocycles. The summed E-state index contributed by atoms with van der Waals surface area (Å²) in [5.41, 5.74) is 3.14. The molecular weight excluding hydrogens is 400 g/mol. The summed E-state index contributed by atoms with van der Waals surface area (Å²) in [4.78, 5) is 21.4. The molecule has 4 rings (SSSR count). The van der Waals surface area contributed by atoms with Crippen LogP contribution in [0.3, 0.4) is 0 Å². The molecule has 2 aromatic carbocycles. The van der Waals surface area contributed by atoms with Crippen LogP contribution in [0.4, 0.5) is 0 Å². The number of aryl methyl sites for hydroxylation is 1. The van der Waals surface area contributed by atoms with Crippen LogP contribution in [0, 0.1) is 6.92 Å². The predicted molar refractivity (Wildman–Crippen MR) is 116 cm³/mol. The Kier molecular flexibility index (Phi) is 6.45. The number of hydrogen-bond acceptors (Lipinski definition) is 5. The van der Waals surface area contributed by atoms with Gasteiger partial charge in [-0.05, 0) is 43.2 Å². The topological polar surface area (TPSA) is 62.5 Å². The fraction of sp³-hybridized carbons (Fsp3) is 0.348. The lowest BCUT2D eigenvalue weighted by Gasteiger charge is -2.21. The van der Waals surface area contributed by atoms with E-state index in [1.54, 1.807) is 0 Å². The first-order valence-electron chi connectivity index (χ1n) is 10.2. The minimum Gasteiger partial charge on any atom is -0.341 e. The van der Waals surface area contributed by atoms with Crippen LogP contribution in [-0.4, -0.2) is 52.0 Å². The third-order valence-corrected chi connectivity index (χ3v) is 5.60. The van der Waals surface area contributed by atoms with Crippen molar-refractivity contribution < 1.29 is 9.32 Å². The SMILES string of the molecule is Cc1ccc(CC(=O)N2CCCN(Cc3nc(-c4ccc(Cl)cc4)no3)CC2)cc1. The van der Waals surface area contributed by atoms with Gasteiger partial charge in [0, 0.05) is 36.8 Å². The number of rotatable bonds is 5. The first-order valence-corrected chi connectivity index (χ1v) is 10.6. The molecule has 0 atom stereocenters. The summed E-state index contributed by atoms with van der Waals surface area (Å²) in [6, 6.07) is 15.5. The number of carbonyl (C=O) groups is 1. The van der Waals surface area contributed by atoms with Crippen LogP contribution in [-0.2, 0) is 17.8 Å². The maximum absolute atomic E-state index is 12.7. The van der Waals surface area contributed by atoms with Crippen LogP contribution in [0.1, 0.15) is 23.4 Å². The highest BCUT2D eigenvalue weighted by molar-refractivity contribution is 6.30. The Morgan fingerprint density at radius 1 is 1.03 bits per heavy atom. The van der Waals surface area contributed by atoms with Crippen LogP contribution in [0.25, 0.3) is 11.4 Å². The van der Waals surface area contributed by atoms with E-state index < -0.39 is 0 Å². The molecule has 1 amide bonds. The first kappa shape index (κ1) is 20.6. The highest BCUT2D eigenvalue weighted by Gasteiger charge is 2.21. The van der Waals surface area contributed by atoms with Crippen molar-refractivity contribution in [1.29, 1.82) is 0 Å². The molecule has 3 aromatic rings. The molecule has 7 heteroatoms. The van der Waals surface area contributed by atoms with Crippen LogP contribution in [0.5, 0.6) is 0 Å². The molecule has 0 radical (unpaired) electrons. The molecule has 0 N–H and O–H groups in total. The maximum atomic E-state index is 12.7. The second-order valence-corrected chi connectivity index (χ2v) is 8.13. The lowest BCUT2D eigenvalue weighted by molar-refractivity contribution is -0.130. The molecule has 0 unspecified atom stereocenters. The number of nitrogens with zero attached hydrogens (tertiary/aromatic N) is 4. The van der Waals surface area contributed by atoms with Crippen molar-refractivity contribution in [3.05, 3.63) is 70.6 Å². The van der Waals surface area contributed by atoms with Crippen molar-refractivity contribution in [2.75, 3.05) is 26.2 Å². The minimum atomic E-state index is 0.184. The number of amides is 1. The molecular formula is C23H25ClN4O2. The van der Waals surface area contributed by atoms with Gasteiger partial charge in [-0.3, -0.25) is 9.69 Å². The highest BCUT2D eigenvalue weighted by Crippen LogP contribution is 2.19. The third-order valence-electron chi connectivity index (χ3n) is 5.35. The Labute approximate surface area is 181 Å². The number of aromatic nitrogens is 2. The zero-order valence-electron chi connectivity index (χ0n) is 17.1. The minimum absolute atomic E-state index is 0.184. The van der Waals surface area contributed by atoms with Gasteiger partial charge in [-0.1, -0.05) is 46.6 Å². The lowest BCUT2D eigenvalue weighted by atomic mass is 10.1. The second kappa shape index (κ2) is 9.41. The van der Waals surface area contributed by atoms with E-state index in [4.69, 9.17) is 16.1 Å². The van der Waals surface area contributed by atoms with E-state index in [-0.39, 0.29) is 5.91 Å². The fourth-order valence-corrected chi connectivity index (χ4v) is 3.72. The molecule has 0 aliphatic carbocycles. The lowest BCUT2D eigenvalue weighted by Crippen LogP contribution is -2.36. The van der Waals surface area contributed by atoms with E-state index in [2.05, 4.69) is 34.1 Å². The van der Waals surface area contributed by atoms with Gasteiger partial charge >= 0.3 is 0 Å². The van der Waals surface area contributed by atoms with Gasteiger partial charge in [-0.2, -0.15) is 4.98 Å². The standard InChI is InChI=1S/C23H25ClN4O2/c1-17-3-5-18(6-4-17)15-22(29)28-12-2-11-27(13-14-28)16-21-25-23(26-30-21)19-7-9-20(24)10-8-19/h3-10H,2,11-16H2,1H3. The van der Waals surface area contributed by atoms with Gasteiger partial charge < -0.3 is 9.42 Å². The van der Waals surface area contributed by atoms with E-state index in [1.807, 2.05) is 41.3 Å². The van der Waals surface area contributed by atoms with Crippen molar-refractivity contribution in [3.63, 3.8) is 0 Å². The zero-order valence-corrected chi connectivity index (χ0v) is 17.8. The van der Waals surface area contributed by atoms with E-state index in [9.17, 15) is 4.79 Å². The van der Waals surface area contributed by atoms with Crippen molar-refractivity contribution in [1.82, 2.24) is 19.9 Å². The van der Waals surface area contributed by atoms with Crippen LogP contribution in [0.2, 0.25) is 5.02 Å². The van der Waals surface area contributed by atoms with E-state index in [1.165, 1.54) is 5.56 Å². The summed E-state index contributed by atoms with van der Waals surface area (Å²) in [6.45, 7) is 5.81. The van der Waals surface area contributed by atoms with Crippen molar-refractivity contribution in [3.8, 4) is 11.4 Å². The average molecular weight is 425 g/mol. The number of hydrogen-bond donors (Lipinski definition) is 0. The van der Waals surface area contributed by atoms with Gasteiger partial charge in [0.05, 0.1) is 13.0 Å². The Balaban J connectivity index is 1.31. The maximum Gasteiger partial charge on any atom is 0.241 e. The van der Waals surface area contributed by atoms with E-state index in [0.717, 1.165) is 37.2 Å². The molecule has 1 fully saturated rings. The number of benzene rings is 2. The largest absolute Gasteiger partial charge is 0.341 e. The van der Waals surface area contributed by atoms with Crippen LogP contribution >= 0.6 is 11.6 Å². The quantitative estimate of drug-likeness (QED) is 0.620. The van der Waals surface area contributed by atoms with Gasteiger partial charge in [0.15, 0.2) is 0 Å². The summed E-state index contributed by atoms with van der Waals surface area (Å²) in [5.74, 6) is 1.33. The fourth-order valence-electron chi connectivity index (χ4n) is 3.60. The molecule has 0 bridgehead atoms. The highest BCUT2D eigenvalue weighted by atomic mass is 35.5. The van der Waals surface area contributed by atoms with Crippen molar-refractivity contribution >= 4 is 17.5 Å². The normalized spacial score (nSPS) is 15.2. The van der Waals surface area contributed by atoms with Crippen LogP contribution in [0.15, 0.2) is 53.1 Å². The Hall–Kier alpha value is -2.70. The van der Waals surface area contributed by atoms with E-state index >= 15 is 0 Å². The Morgan fingerprint density at radius 3 is 2.57 bits per heavy atom. The summed E-state index contributed by atoms with van der Waals surface area (Å²) < 4.78 is 5.44. The zero-order chi connectivity index (χ0) is 20.9. The van der Waals surface area contributed by atoms with Gasteiger partial charge in [-0.15, -0.1) is 0 Å². The molecule has 0 saturated carbocycles. The monoisotopic (exact) mass is 424 g/mol. The molecule has 2 heterocycles. The van der Waals surface area contributed by atoms with Gasteiger partial charge in [0.25, 0.3) is 0 Å². The average Bonchev–Trinajstić information content (AvgIpc) is 3.07. The molecule has 156 valence electrons. The smallest absolute Gasteiger partial charge is 0.241 e. The first-order chi connectivity index (χ1) is 14.6. The van der Waals surface area contributed by atoms with Crippen molar-refractivity contribution in [2.24, 2.45) is 0 Å². The second-order valence-electron chi connectivity index (χ2n) is 7.69. The molecule has 6 nitrogen and oxygen atoms in total. The Bertz CT molecular complexity index is 985. The molecule has 0 spiro atoms. The van der Waals surface area contributed by atoms with Gasteiger partial charge in [-0.25, -0.2) is 0 Å². The van der Waals surface area contributed by atoms with E-state index in [0.29, 0.717) is 36.2 Å². The molecule has 1 saturated heterocycles. The van der Waals surface area contributed by atoms with Crippen LogP contribution < -0.4 is 0 Å².